The molecular weight excluding hydrogens is 560 g/mol. The second kappa shape index (κ2) is 10.7. The van der Waals surface area contributed by atoms with Crippen molar-refractivity contribution >= 4 is 68.2 Å². The number of hydrogen-bond acceptors (Lipinski definition) is 4. The predicted octanol–water partition coefficient (Wildman–Crippen LogP) is 12.2. The topological polar surface area (TPSA) is 13.0 Å². The summed E-state index contributed by atoms with van der Waals surface area (Å²) >= 11 is 0. The van der Waals surface area contributed by atoms with Gasteiger partial charge in [-0.3, -0.25) is 0 Å². The summed E-state index contributed by atoms with van der Waals surface area (Å²) in [6, 6.07) is 64.9. The highest BCUT2D eigenvalue weighted by Gasteiger charge is 2.39. The predicted molar refractivity (Wildman–Crippen MR) is 192 cm³/mol. The molecule has 2 heterocycles. The zero-order chi connectivity index (χ0) is 30.5. The van der Waals surface area contributed by atoms with Gasteiger partial charge in [0.2, 0.25) is 0 Å². The fraction of sp³-hybridized carbons (Fsp3) is 0. The molecule has 0 aromatic heterocycles. The molecule has 0 radical (unpaired) electrons. The summed E-state index contributed by atoms with van der Waals surface area (Å²) in [6.45, 7) is 0. The lowest BCUT2D eigenvalue weighted by Crippen LogP contribution is -2.30. The molecule has 0 unspecified atom stereocenters. The Kier molecular flexibility index (Phi) is 6.10. The van der Waals surface area contributed by atoms with Crippen molar-refractivity contribution < 1.29 is 0 Å². The normalized spacial score (nSPS) is 12.7. The molecule has 7 aromatic carbocycles. The van der Waals surface area contributed by atoms with Gasteiger partial charge in [-0.15, -0.1) is 0 Å². The first-order chi connectivity index (χ1) is 22.9. The number of benzene rings is 7. The first kappa shape index (κ1) is 26.2. The SMILES string of the molecule is c1ccc(N(c2ccccc2)c2cc3c4c(c2)N(c2ccccc2)c2ccccc2N4c2ccccc2N3c2ccccc2)cc1. The maximum atomic E-state index is 2.45. The number of nitrogens with zero attached hydrogens (tertiary/aromatic N) is 4. The minimum atomic E-state index is 1.08. The molecule has 218 valence electrons. The van der Waals surface area contributed by atoms with Crippen molar-refractivity contribution in [2.45, 2.75) is 0 Å². The Balaban J connectivity index is 1.41. The molecule has 2 aliphatic rings. The number of hydrogen-bond donors (Lipinski definition) is 0. The third-order valence-corrected chi connectivity index (χ3v) is 8.80. The minimum absolute atomic E-state index is 1.08. The van der Waals surface area contributed by atoms with Crippen molar-refractivity contribution in [2.75, 3.05) is 19.6 Å². The third kappa shape index (κ3) is 4.08. The van der Waals surface area contributed by atoms with Crippen LogP contribution in [-0.2, 0) is 0 Å². The second-order valence-electron chi connectivity index (χ2n) is 11.5. The highest BCUT2D eigenvalue weighted by atomic mass is 15.3. The van der Waals surface area contributed by atoms with Crippen molar-refractivity contribution in [2.24, 2.45) is 0 Å². The molecule has 0 bridgehead atoms. The van der Waals surface area contributed by atoms with Crippen molar-refractivity contribution in [3.63, 3.8) is 0 Å². The molecule has 2 aliphatic heterocycles. The van der Waals surface area contributed by atoms with Crippen LogP contribution in [0.4, 0.5) is 68.2 Å². The number of fused-ring (bicyclic) bond motifs is 4. The van der Waals surface area contributed by atoms with Crippen LogP contribution in [0.1, 0.15) is 0 Å². The van der Waals surface area contributed by atoms with Gasteiger partial charge in [-0.25, -0.2) is 0 Å². The Morgan fingerprint density at radius 2 is 0.609 bits per heavy atom. The van der Waals surface area contributed by atoms with Crippen LogP contribution in [0.15, 0.2) is 182 Å². The lowest BCUT2D eigenvalue weighted by molar-refractivity contribution is 1.11. The van der Waals surface area contributed by atoms with Gasteiger partial charge in [0.1, 0.15) is 0 Å². The van der Waals surface area contributed by atoms with Crippen molar-refractivity contribution in [1.29, 1.82) is 0 Å². The second-order valence-corrected chi connectivity index (χ2v) is 11.5. The summed E-state index contributed by atoms with van der Waals surface area (Å²) in [4.78, 5) is 9.64. The van der Waals surface area contributed by atoms with Crippen LogP contribution in [0.5, 0.6) is 0 Å². The maximum Gasteiger partial charge on any atom is 0.0949 e. The minimum Gasteiger partial charge on any atom is -0.310 e. The smallest absolute Gasteiger partial charge is 0.0949 e. The summed E-state index contributed by atoms with van der Waals surface area (Å²) in [5.74, 6) is 0. The van der Waals surface area contributed by atoms with E-state index >= 15 is 0 Å². The maximum absolute atomic E-state index is 2.45. The molecule has 7 aromatic rings. The van der Waals surface area contributed by atoms with E-state index in [1.807, 2.05) is 0 Å². The van der Waals surface area contributed by atoms with Crippen LogP contribution in [0, 0.1) is 0 Å². The average Bonchev–Trinajstić information content (AvgIpc) is 3.13. The lowest BCUT2D eigenvalue weighted by Gasteiger charge is -2.47. The molecule has 0 spiro atoms. The summed E-state index contributed by atoms with van der Waals surface area (Å²) < 4.78 is 0. The molecule has 0 fully saturated rings. The van der Waals surface area contributed by atoms with Gasteiger partial charge in [0, 0.05) is 22.7 Å². The van der Waals surface area contributed by atoms with Crippen LogP contribution in [0.2, 0.25) is 0 Å². The first-order valence-electron chi connectivity index (χ1n) is 15.6. The standard InChI is InChI=1S/C42H30N4/c1-5-17-31(18-6-1)43(32-19-7-2-8-20-32)35-29-40-42-41(30-35)45(34-23-11-4-12-24-34)37-26-14-16-28-39(37)46(42)38-27-15-13-25-36(38)44(40)33-21-9-3-10-22-33/h1-30H. The molecule has 46 heavy (non-hydrogen) atoms. The van der Waals surface area contributed by atoms with Gasteiger partial charge < -0.3 is 19.6 Å². The van der Waals surface area contributed by atoms with Crippen molar-refractivity contribution in [3.05, 3.63) is 182 Å². The van der Waals surface area contributed by atoms with Crippen LogP contribution in [0.25, 0.3) is 0 Å². The quantitative estimate of drug-likeness (QED) is 0.198. The Morgan fingerprint density at radius 3 is 1.00 bits per heavy atom. The van der Waals surface area contributed by atoms with E-state index < -0.39 is 0 Å². The van der Waals surface area contributed by atoms with E-state index in [1.54, 1.807) is 0 Å². The van der Waals surface area contributed by atoms with Crippen LogP contribution >= 0.6 is 0 Å². The average molecular weight is 591 g/mol. The van der Waals surface area contributed by atoms with Crippen molar-refractivity contribution in [1.82, 2.24) is 0 Å². The fourth-order valence-electron chi connectivity index (χ4n) is 6.92. The molecule has 0 N–H and O–H groups in total. The van der Waals surface area contributed by atoms with Gasteiger partial charge in [-0.1, -0.05) is 97.1 Å². The van der Waals surface area contributed by atoms with E-state index in [4.69, 9.17) is 0 Å². The molecule has 4 heteroatoms. The van der Waals surface area contributed by atoms with Crippen molar-refractivity contribution in [3.8, 4) is 0 Å². The lowest BCUT2D eigenvalue weighted by atomic mass is 9.97. The Morgan fingerprint density at radius 1 is 0.283 bits per heavy atom. The largest absolute Gasteiger partial charge is 0.310 e. The molecule has 4 nitrogen and oxygen atoms in total. The number of anilines is 12. The fourth-order valence-corrected chi connectivity index (χ4v) is 6.92. The molecule has 0 saturated heterocycles. The van der Waals surface area contributed by atoms with E-state index in [1.165, 1.54) is 0 Å². The highest BCUT2D eigenvalue weighted by molar-refractivity contribution is 6.13. The Labute approximate surface area is 269 Å². The van der Waals surface area contributed by atoms with E-state index in [0.717, 1.165) is 68.2 Å². The number of para-hydroxylation sites is 8. The zero-order valence-electron chi connectivity index (χ0n) is 25.1. The van der Waals surface area contributed by atoms with Gasteiger partial charge in [0.25, 0.3) is 0 Å². The summed E-state index contributed by atoms with van der Waals surface area (Å²) in [6.07, 6.45) is 0. The Bertz CT molecular complexity index is 2010. The summed E-state index contributed by atoms with van der Waals surface area (Å²) in [5, 5.41) is 0. The molecule has 0 amide bonds. The molecule has 9 rings (SSSR count). The van der Waals surface area contributed by atoms with E-state index in [9.17, 15) is 0 Å². The molecule has 0 saturated carbocycles. The van der Waals surface area contributed by atoms with Crippen LogP contribution in [0.3, 0.4) is 0 Å². The Hall–Kier alpha value is -6.26. The number of rotatable bonds is 5. The van der Waals surface area contributed by atoms with Crippen LogP contribution in [-0.4, -0.2) is 0 Å². The van der Waals surface area contributed by atoms with Gasteiger partial charge in [0.15, 0.2) is 0 Å². The van der Waals surface area contributed by atoms with Crippen LogP contribution < -0.4 is 19.6 Å². The van der Waals surface area contributed by atoms with E-state index in [-0.39, 0.29) is 0 Å². The molecule has 0 atom stereocenters. The first-order valence-corrected chi connectivity index (χ1v) is 15.6. The van der Waals surface area contributed by atoms with Gasteiger partial charge >= 0.3 is 0 Å². The van der Waals surface area contributed by atoms with E-state index in [0.29, 0.717) is 0 Å². The van der Waals surface area contributed by atoms with Gasteiger partial charge in [-0.05, 0) is 84.9 Å². The van der Waals surface area contributed by atoms with Gasteiger partial charge in [-0.2, -0.15) is 0 Å². The van der Waals surface area contributed by atoms with E-state index in [2.05, 4.69) is 202 Å². The summed E-state index contributed by atoms with van der Waals surface area (Å²) in [7, 11) is 0. The zero-order valence-corrected chi connectivity index (χ0v) is 25.1. The monoisotopic (exact) mass is 590 g/mol. The third-order valence-electron chi connectivity index (χ3n) is 8.80. The highest BCUT2D eigenvalue weighted by Crippen LogP contribution is 2.64. The van der Waals surface area contributed by atoms with Gasteiger partial charge in [0.05, 0.1) is 45.5 Å². The molecule has 0 aliphatic carbocycles. The molecular formula is C42H30N4. The summed E-state index contributed by atoms with van der Waals surface area (Å²) in [5.41, 5.74) is 13.5.